The van der Waals surface area contributed by atoms with E-state index in [1.165, 1.54) is 10.7 Å². The Morgan fingerprint density at radius 2 is 1.90 bits per heavy atom. The lowest BCUT2D eigenvalue weighted by Gasteiger charge is -2.37. The fraction of sp³-hybridized carbons (Fsp3) is 0.929. The van der Waals surface area contributed by atoms with Crippen molar-refractivity contribution < 1.29 is 18.3 Å². The number of nitrogens with zero attached hydrogens (tertiary/aromatic N) is 1. The van der Waals surface area contributed by atoms with Crippen LogP contribution in [0.15, 0.2) is 0 Å². The maximum Gasteiger partial charge on any atom is 0.307 e. The molecule has 0 radical (unpaired) electrons. The van der Waals surface area contributed by atoms with E-state index < -0.39 is 21.9 Å². The van der Waals surface area contributed by atoms with Gasteiger partial charge in [-0.25, -0.2) is 12.7 Å². The predicted molar refractivity (Wildman–Crippen MR) is 76.9 cm³/mol. The maximum absolute atomic E-state index is 12.6. The molecular weight excluding hydrogens is 278 g/mol. The van der Waals surface area contributed by atoms with Crippen LogP contribution in [-0.2, 0) is 14.8 Å². The summed E-state index contributed by atoms with van der Waals surface area (Å²) in [5.74, 6) is -1.25. The zero-order chi connectivity index (χ0) is 14.8. The SMILES string of the molecule is CC1(CS(=O)(=O)N2CCCC(C(=O)O)C2)CCCCC1. The number of hydrogen-bond donors (Lipinski definition) is 1. The number of carboxylic acids is 1. The molecule has 1 atom stereocenters. The van der Waals surface area contributed by atoms with Gasteiger partial charge in [-0.2, -0.15) is 0 Å². The summed E-state index contributed by atoms with van der Waals surface area (Å²) >= 11 is 0. The molecule has 1 heterocycles. The summed E-state index contributed by atoms with van der Waals surface area (Å²) < 4.78 is 26.5. The molecule has 1 saturated carbocycles. The third-order valence-corrected chi connectivity index (χ3v) is 6.90. The van der Waals surface area contributed by atoms with Gasteiger partial charge in [-0.3, -0.25) is 4.79 Å². The lowest BCUT2D eigenvalue weighted by molar-refractivity contribution is -0.142. The Hall–Kier alpha value is -0.620. The summed E-state index contributed by atoms with van der Waals surface area (Å²) in [6.07, 6.45) is 6.55. The predicted octanol–water partition coefficient (Wildman–Crippen LogP) is 2.08. The second-order valence-corrected chi connectivity index (χ2v) is 8.63. The number of hydrogen-bond acceptors (Lipinski definition) is 3. The molecule has 0 aromatic carbocycles. The Balaban J connectivity index is 2.04. The van der Waals surface area contributed by atoms with Crippen molar-refractivity contribution >= 4 is 16.0 Å². The molecule has 0 amide bonds. The van der Waals surface area contributed by atoms with Crippen molar-refractivity contribution in [1.29, 1.82) is 0 Å². The fourth-order valence-corrected chi connectivity index (χ4v) is 5.64. The van der Waals surface area contributed by atoms with Crippen molar-refractivity contribution in [1.82, 2.24) is 4.31 Å². The van der Waals surface area contributed by atoms with E-state index in [0.717, 1.165) is 25.7 Å². The minimum atomic E-state index is -3.34. The summed E-state index contributed by atoms with van der Waals surface area (Å²) in [6, 6.07) is 0. The van der Waals surface area contributed by atoms with Crippen molar-refractivity contribution in [2.24, 2.45) is 11.3 Å². The van der Waals surface area contributed by atoms with Crippen LogP contribution in [0.2, 0.25) is 0 Å². The summed E-state index contributed by atoms with van der Waals surface area (Å²) in [4.78, 5) is 11.1. The minimum Gasteiger partial charge on any atom is -0.481 e. The van der Waals surface area contributed by atoms with Gasteiger partial charge < -0.3 is 5.11 Å². The van der Waals surface area contributed by atoms with Gasteiger partial charge in [0.15, 0.2) is 0 Å². The van der Waals surface area contributed by atoms with E-state index in [4.69, 9.17) is 5.11 Å². The van der Waals surface area contributed by atoms with Crippen LogP contribution in [0.5, 0.6) is 0 Å². The summed E-state index contributed by atoms with van der Waals surface area (Å²) in [5.41, 5.74) is -0.132. The first-order valence-electron chi connectivity index (χ1n) is 7.53. The summed E-state index contributed by atoms with van der Waals surface area (Å²) in [7, 11) is -3.34. The van der Waals surface area contributed by atoms with E-state index in [1.54, 1.807) is 0 Å². The van der Waals surface area contributed by atoms with Gasteiger partial charge in [0.2, 0.25) is 10.0 Å². The van der Waals surface area contributed by atoms with E-state index in [0.29, 0.717) is 19.4 Å². The second-order valence-electron chi connectivity index (χ2n) is 6.66. The molecule has 6 heteroatoms. The lowest BCUT2D eigenvalue weighted by Crippen LogP contribution is -2.46. The molecule has 1 aliphatic heterocycles. The summed E-state index contributed by atoms with van der Waals surface area (Å²) in [5, 5.41) is 9.07. The van der Waals surface area contributed by atoms with Gasteiger partial charge in [0.25, 0.3) is 0 Å². The number of sulfonamides is 1. The molecule has 0 aromatic heterocycles. The molecule has 0 aromatic rings. The Morgan fingerprint density at radius 3 is 2.50 bits per heavy atom. The number of aliphatic carboxylic acids is 1. The van der Waals surface area contributed by atoms with Crippen LogP contribution < -0.4 is 0 Å². The molecule has 20 heavy (non-hydrogen) atoms. The zero-order valence-electron chi connectivity index (χ0n) is 12.2. The van der Waals surface area contributed by atoms with E-state index in [9.17, 15) is 13.2 Å². The highest BCUT2D eigenvalue weighted by Crippen LogP contribution is 2.37. The number of carbonyl (C=O) groups is 1. The van der Waals surface area contributed by atoms with Crippen LogP contribution >= 0.6 is 0 Å². The average Bonchev–Trinajstić information content (AvgIpc) is 2.38. The highest BCUT2D eigenvalue weighted by molar-refractivity contribution is 7.89. The van der Waals surface area contributed by atoms with Gasteiger partial charge in [0.05, 0.1) is 11.7 Å². The van der Waals surface area contributed by atoms with Crippen LogP contribution in [0, 0.1) is 11.3 Å². The molecule has 5 nitrogen and oxygen atoms in total. The smallest absolute Gasteiger partial charge is 0.307 e. The first-order valence-corrected chi connectivity index (χ1v) is 9.14. The van der Waals surface area contributed by atoms with Gasteiger partial charge in [0.1, 0.15) is 0 Å². The molecular formula is C14H25NO4S. The normalized spacial score (nSPS) is 28.1. The second kappa shape index (κ2) is 6.02. The Labute approximate surface area is 121 Å². The molecule has 0 spiro atoms. The molecule has 1 saturated heterocycles. The molecule has 1 N–H and O–H groups in total. The third kappa shape index (κ3) is 3.73. The monoisotopic (exact) mass is 303 g/mol. The van der Waals surface area contributed by atoms with Gasteiger partial charge in [-0.1, -0.05) is 26.2 Å². The molecule has 1 aliphatic carbocycles. The van der Waals surface area contributed by atoms with Crippen LogP contribution in [0.25, 0.3) is 0 Å². The van der Waals surface area contributed by atoms with Gasteiger partial charge in [-0.15, -0.1) is 0 Å². The minimum absolute atomic E-state index is 0.132. The van der Waals surface area contributed by atoms with E-state index >= 15 is 0 Å². The van der Waals surface area contributed by atoms with Crippen LogP contribution in [0.1, 0.15) is 51.9 Å². The number of carboxylic acid groups (broad SMARTS) is 1. The topological polar surface area (TPSA) is 74.7 Å². The highest BCUT2D eigenvalue weighted by atomic mass is 32.2. The molecule has 2 fully saturated rings. The van der Waals surface area contributed by atoms with E-state index in [1.807, 2.05) is 0 Å². The van der Waals surface area contributed by atoms with Crippen LogP contribution in [0.3, 0.4) is 0 Å². The van der Waals surface area contributed by atoms with Crippen molar-refractivity contribution in [3.8, 4) is 0 Å². The van der Waals surface area contributed by atoms with Crippen LogP contribution in [0.4, 0.5) is 0 Å². The third-order valence-electron chi connectivity index (χ3n) is 4.72. The first-order chi connectivity index (χ1) is 9.32. The molecule has 0 bridgehead atoms. The Kier molecular flexibility index (Phi) is 4.74. The standard InChI is InChI=1S/C14H25NO4S/c1-14(7-3-2-4-8-14)11-20(18,19)15-9-5-6-12(10-15)13(16)17/h12H,2-11H2,1H3,(H,16,17). The summed E-state index contributed by atoms with van der Waals surface area (Å²) in [6.45, 7) is 2.68. The molecule has 116 valence electrons. The number of rotatable bonds is 4. The van der Waals surface area contributed by atoms with E-state index in [2.05, 4.69) is 6.92 Å². The van der Waals surface area contributed by atoms with Gasteiger partial charge in [-0.05, 0) is 31.1 Å². The van der Waals surface area contributed by atoms with E-state index in [-0.39, 0.29) is 17.7 Å². The lowest BCUT2D eigenvalue weighted by atomic mass is 9.77. The highest BCUT2D eigenvalue weighted by Gasteiger charge is 2.38. The molecule has 2 rings (SSSR count). The Morgan fingerprint density at radius 1 is 1.25 bits per heavy atom. The van der Waals surface area contributed by atoms with Crippen molar-refractivity contribution in [2.45, 2.75) is 51.9 Å². The first kappa shape index (κ1) is 15.8. The average molecular weight is 303 g/mol. The van der Waals surface area contributed by atoms with Crippen molar-refractivity contribution in [3.63, 3.8) is 0 Å². The van der Waals surface area contributed by atoms with Gasteiger partial charge in [0, 0.05) is 13.1 Å². The number of piperidine rings is 1. The maximum atomic E-state index is 12.6. The molecule has 2 aliphatic rings. The van der Waals surface area contributed by atoms with Gasteiger partial charge >= 0.3 is 5.97 Å². The van der Waals surface area contributed by atoms with Crippen molar-refractivity contribution in [2.75, 3.05) is 18.8 Å². The van der Waals surface area contributed by atoms with Crippen LogP contribution in [-0.4, -0.2) is 42.6 Å². The molecule has 1 unspecified atom stereocenters. The van der Waals surface area contributed by atoms with Crippen molar-refractivity contribution in [3.05, 3.63) is 0 Å². The largest absolute Gasteiger partial charge is 0.481 e. The fourth-order valence-electron chi connectivity index (χ4n) is 3.48. The quantitative estimate of drug-likeness (QED) is 0.863. The Bertz CT molecular complexity index is 454. The zero-order valence-corrected chi connectivity index (χ0v) is 13.0.